The summed E-state index contributed by atoms with van der Waals surface area (Å²) in [6.07, 6.45) is 2.30. The lowest BCUT2D eigenvalue weighted by atomic mass is 10.0. The van der Waals surface area contributed by atoms with Gasteiger partial charge in [-0.2, -0.15) is 0 Å². The summed E-state index contributed by atoms with van der Waals surface area (Å²) in [5.74, 6) is 0.905. The molecule has 146 valence electrons. The number of anilines is 1. The lowest BCUT2D eigenvalue weighted by Gasteiger charge is -2.33. The van der Waals surface area contributed by atoms with E-state index in [-0.39, 0.29) is 0 Å². The van der Waals surface area contributed by atoms with Gasteiger partial charge in [0.15, 0.2) is 0 Å². The van der Waals surface area contributed by atoms with Crippen LogP contribution in [0.15, 0.2) is 58.5 Å². The fourth-order valence-electron chi connectivity index (χ4n) is 3.60. The van der Waals surface area contributed by atoms with E-state index in [1.807, 2.05) is 55.5 Å². The van der Waals surface area contributed by atoms with Crippen molar-refractivity contribution in [3.63, 3.8) is 0 Å². The Labute approximate surface area is 165 Å². The molecule has 1 saturated heterocycles. The van der Waals surface area contributed by atoms with Gasteiger partial charge in [0.2, 0.25) is 17.7 Å². The van der Waals surface area contributed by atoms with Crippen LogP contribution in [0.3, 0.4) is 0 Å². The Hall–Kier alpha value is -3.06. The number of nitrogens with two attached hydrogens (primary N) is 1. The Balaban J connectivity index is 1.71. The lowest BCUT2D eigenvalue weighted by molar-refractivity contribution is 0.415. The number of hydrogen-bond donors (Lipinski definition) is 3. The molecule has 0 aliphatic carbocycles. The van der Waals surface area contributed by atoms with Crippen LogP contribution in [-0.4, -0.2) is 37.0 Å². The zero-order valence-corrected chi connectivity index (χ0v) is 16.3. The van der Waals surface area contributed by atoms with Gasteiger partial charge in [-0.15, -0.1) is 0 Å². The molecule has 0 aromatic heterocycles. The average molecular weight is 378 g/mol. The second-order valence-electron chi connectivity index (χ2n) is 7.11. The number of aryl methyl sites for hydroxylation is 1. The van der Waals surface area contributed by atoms with Crippen LogP contribution in [0, 0.1) is 6.92 Å². The third-order valence-corrected chi connectivity index (χ3v) is 5.07. The van der Waals surface area contributed by atoms with Crippen molar-refractivity contribution in [2.45, 2.75) is 25.6 Å². The molecule has 7 heteroatoms. The minimum atomic E-state index is -1.18. The zero-order chi connectivity index (χ0) is 19.6. The number of aliphatic imine (C=N–C) groups is 2. The highest BCUT2D eigenvalue weighted by Crippen LogP contribution is 2.28. The van der Waals surface area contributed by atoms with Gasteiger partial charge in [0.1, 0.15) is 5.75 Å². The number of nitrogens with one attached hydrogen (secondary N) is 2. The van der Waals surface area contributed by atoms with E-state index < -0.39 is 5.79 Å². The highest BCUT2D eigenvalue weighted by molar-refractivity contribution is 6.06. The van der Waals surface area contributed by atoms with Crippen molar-refractivity contribution < 1.29 is 4.74 Å². The van der Waals surface area contributed by atoms with E-state index in [2.05, 4.69) is 15.5 Å². The van der Waals surface area contributed by atoms with Gasteiger partial charge in [-0.25, -0.2) is 9.98 Å². The van der Waals surface area contributed by atoms with Gasteiger partial charge in [0.25, 0.3) is 0 Å². The van der Waals surface area contributed by atoms with E-state index in [0.717, 1.165) is 54.5 Å². The summed E-state index contributed by atoms with van der Waals surface area (Å²) < 4.78 is 5.32. The van der Waals surface area contributed by atoms with Crippen molar-refractivity contribution in [2.75, 3.05) is 25.5 Å². The Morgan fingerprint density at radius 3 is 2.64 bits per heavy atom. The summed E-state index contributed by atoms with van der Waals surface area (Å²) in [5, 5.41) is 6.64. The SMILES string of the molecule is COc1cccc(NC2=NC(N)(c3ccccc3C)N=C(N3CCCC3)N2)c1. The fourth-order valence-corrected chi connectivity index (χ4v) is 3.60. The molecule has 2 aliphatic heterocycles. The molecule has 0 spiro atoms. The fraction of sp³-hybridized carbons (Fsp3) is 0.333. The van der Waals surface area contributed by atoms with E-state index in [1.54, 1.807) is 7.11 Å². The Morgan fingerprint density at radius 1 is 1.11 bits per heavy atom. The molecule has 2 heterocycles. The van der Waals surface area contributed by atoms with E-state index in [0.29, 0.717) is 5.96 Å². The molecule has 4 N–H and O–H groups in total. The molecule has 1 atom stereocenters. The van der Waals surface area contributed by atoms with Crippen molar-refractivity contribution in [3.8, 4) is 5.75 Å². The van der Waals surface area contributed by atoms with Crippen LogP contribution in [0.25, 0.3) is 0 Å². The molecule has 2 aromatic rings. The number of methoxy groups -OCH3 is 1. The maximum absolute atomic E-state index is 6.73. The van der Waals surface area contributed by atoms with Crippen LogP contribution >= 0.6 is 0 Å². The standard InChI is InChI=1S/C21H26N6O/c1-15-8-3-4-11-18(15)21(22)25-19(23-16-9-7-10-17(14-16)28-2)24-20(26-21)27-12-5-6-13-27/h3-4,7-11,14H,5-6,12-13,22H2,1-2H3,(H2,23,24,25,26). The summed E-state index contributed by atoms with van der Waals surface area (Å²) in [6, 6.07) is 15.7. The van der Waals surface area contributed by atoms with Crippen molar-refractivity contribution >= 4 is 17.6 Å². The average Bonchev–Trinajstić information content (AvgIpc) is 3.23. The Morgan fingerprint density at radius 2 is 1.89 bits per heavy atom. The van der Waals surface area contributed by atoms with E-state index in [4.69, 9.17) is 20.5 Å². The smallest absolute Gasteiger partial charge is 0.236 e. The third kappa shape index (κ3) is 3.66. The number of likely N-dealkylation sites (tertiary alicyclic amines) is 1. The first-order chi connectivity index (χ1) is 13.6. The number of guanidine groups is 2. The second kappa shape index (κ2) is 7.52. The molecule has 0 saturated carbocycles. The highest BCUT2D eigenvalue weighted by atomic mass is 16.5. The van der Waals surface area contributed by atoms with Gasteiger partial charge >= 0.3 is 0 Å². The van der Waals surface area contributed by atoms with Gasteiger partial charge in [-0.05, 0) is 37.5 Å². The molecule has 0 radical (unpaired) electrons. The second-order valence-corrected chi connectivity index (χ2v) is 7.11. The lowest BCUT2D eigenvalue weighted by Crippen LogP contribution is -2.53. The molecular weight excluding hydrogens is 352 g/mol. The molecule has 2 aliphatic rings. The molecule has 4 rings (SSSR count). The number of rotatable bonds is 3. The van der Waals surface area contributed by atoms with E-state index in [1.165, 1.54) is 0 Å². The molecule has 2 aromatic carbocycles. The van der Waals surface area contributed by atoms with Crippen LogP contribution in [0.5, 0.6) is 5.75 Å². The Bertz CT molecular complexity index is 919. The zero-order valence-electron chi connectivity index (χ0n) is 16.3. The number of hydrogen-bond acceptors (Lipinski definition) is 7. The van der Waals surface area contributed by atoms with Gasteiger partial charge in [-0.1, -0.05) is 30.3 Å². The molecule has 1 fully saturated rings. The summed E-state index contributed by atoms with van der Waals surface area (Å²) in [5.41, 5.74) is 9.54. The van der Waals surface area contributed by atoms with Crippen molar-refractivity contribution in [3.05, 3.63) is 59.7 Å². The molecule has 7 nitrogen and oxygen atoms in total. The van der Waals surface area contributed by atoms with Gasteiger partial charge in [0.05, 0.1) is 7.11 Å². The molecular formula is C21H26N6O. The van der Waals surface area contributed by atoms with E-state index in [9.17, 15) is 0 Å². The number of benzene rings is 2. The van der Waals surface area contributed by atoms with Gasteiger partial charge in [-0.3, -0.25) is 11.1 Å². The van der Waals surface area contributed by atoms with Crippen LogP contribution in [0.4, 0.5) is 5.69 Å². The van der Waals surface area contributed by atoms with Crippen molar-refractivity contribution in [2.24, 2.45) is 15.7 Å². The van der Waals surface area contributed by atoms with Gasteiger partial charge < -0.3 is 15.0 Å². The predicted octanol–water partition coefficient (Wildman–Crippen LogP) is 2.60. The maximum Gasteiger partial charge on any atom is 0.236 e. The number of nitrogens with zero attached hydrogens (tertiary/aromatic N) is 3. The minimum Gasteiger partial charge on any atom is -0.497 e. The summed E-state index contributed by atoms with van der Waals surface area (Å²) in [6.45, 7) is 3.95. The molecule has 1 unspecified atom stereocenters. The third-order valence-electron chi connectivity index (χ3n) is 5.07. The van der Waals surface area contributed by atoms with Crippen molar-refractivity contribution in [1.29, 1.82) is 0 Å². The van der Waals surface area contributed by atoms with Crippen LogP contribution in [0.2, 0.25) is 0 Å². The van der Waals surface area contributed by atoms with Crippen LogP contribution in [0.1, 0.15) is 24.0 Å². The summed E-state index contributed by atoms with van der Waals surface area (Å²) >= 11 is 0. The maximum atomic E-state index is 6.73. The highest BCUT2D eigenvalue weighted by Gasteiger charge is 2.34. The first kappa shape index (κ1) is 18.3. The van der Waals surface area contributed by atoms with Crippen molar-refractivity contribution in [1.82, 2.24) is 10.2 Å². The first-order valence-corrected chi connectivity index (χ1v) is 9.55. The minimum absolute atomic E-state index is 0.566. The number of ether oxygens (including phenoxy) is 1. The van der Waals surface area contributed by atoms with Crippen LogP contribution < -0.4 is 21.1 Å². The quantitative estimate of drug-likeness (QED) is 0.764. The summed E-state index contributed by atoms with van der Waals surface area (Å²) in [7, 11) is 1.65. The largest absolute Gasteiger partial charge is 0.497 e. The topological polar surface area (TPSA) is 87.3 Å². The normalized spacial score (nSPS) is 21.6. The predicted molar refractivity (Wildman–Crippen MR) is 112 cm³/mol. The van der Waals surface area contributed by atoms with E-state index >= 15 is 0 Å². The molecule has 28 heavy (non-hydrogen) atoms. The molecule has 0 amide bonds. The molecule has 0 bridgehead atoms. The monoisotopic (exact) mass is 378 g/mol. The summed E-state index contributed by atoms with van der Waals surface area (Å²) in [4.78, 5) is 11.8. The van der Waals surface area contributed by atoms with Crippen LogP contribution in [-0.2, 0) is 5.79 Å². The first-order valence-electron chi connectivity index (χ1n) is 9.55. The van der Waals surface area contributed by atoms with Gasteiger partial charge in [0, 0.05) is 30.4 Å². The Kier molecular flexibility index (Phi) is 4.92.